The highest BCUT2D eigenvalue weighted by atomic mass is 32.2. The Balaban J connectivity index is 2.43. The number of hydrogen-bond donors (Lipinski definition) is 4. The molecule has 0 saturated carbocycles. The van der Waals surface area contributed by atoms with Crippen molar-refractivity contribution in [2.75, 3.05) is 16.6 Å². The minimum Gasteiger partial charge on any atom is -0.330 e. The number of amides is 1. The number of anilines is 2. The lowest BCUT2D eigenvalue weighted by Gasteiger charge is -2.08. The SMILES string of the molecule is NCCCCCCC(=O)Nc1cccc(NS(N)(=O)=O)c1. The van der Waals surface area contributed by atoms with E-state index in [9.17, 15) is 13.2 Å². The van der Waals surface area contributed by atoms with Gasteiger partial charge >= 0.3 is 0 Å². The number of rotatable bonds is 9. The summed E-state index contributed by atoms with van der Waals surface area (Å²) in [5.74, 6) is -0.101. The lowest BCUT2D eigenvalue weighted by Crippen LogP contribution is -2.21. The normalized spacial score (nSPS) is 11.1. The van der Waals surface area contributed by atoms with Crippen LogP contribution in [-0.4, -0.2) is 20.9 Å². The van der Waals surface area contributed by atoms with Crippen LogP contribution < -0.4 is 20.9 Å². The van der Waals surface area contributed by atoms with Crippen molar-refractivity contribution in [1.82, 2.24) is 0 Å². The average Bonchev–Trinajstić information content (AvgIpc) is 2.37. The molecule has 0 atom stereocenters. The van der Waals surface area contributed by atoms with E-state index in [-0.39, 0.29) is 5.91 Å². The summed E-state index contributed by atoms with van der Waals surface area (Å²) < 4.78 is 24.0. The van der Waals surface area contributed by atoms with Crippen LogP contribution in [0.2, 0.25) is 0 Å². The summed E-state index contributed by atoms with van der Waals surface area (Å²) >= 11 is 0. The molecule has 7 nitrogen and oxygen atoms in total. The Morgan fingerprint density at radius 1 is 1.10 bits per heavy atom. The topological polar surface area (TPSA) is 127 Å². The Labute approximate surface area is 125 Å². The molecule has 0 aliphatic carbocycles. The van der Waals surface area contributed by atoms with E-state index in [1.807, 2.05) is 0 Å². The van der Waals surface area contributed by atoms with Crippen molar-refractivity contribution in [3.05, 3.63) is 24.3 Å². The van der Waals surface area contributed by atoms with Crippen molar-refractivity contribution < 1.29 is 13.2 Å². The van der Waals surface area contributed by atoms with Gasteiger partial charge in [0.1, 0.15) is 0 Å². The second-order valence-electron chi connectivity index (χ2n) is 4.73. The fraction of sp³-hybridized carbons (Fsp3) is 0.462. The largest absolute Gasteiger partial charge is 0.330 e. The molecule has 0 aliphatic rings. The zero-order chi connectivity index (χ0) is 15.7. The first kappa shape index (κ1) is 17.4. The number of nitrogens with one attached hydrogen (secondary N) is 2. The van der Waals surface area contributed by atoms with Crippen molar-refractivity contribution in [1.29, 1.82) is 0 Å². The molecule has 1 rings (SSSR count). The van der Waals surface area contributed by atoms with E-state index in [2.05, 4.69) is 10.0 Å². The van der Waals surface area contributed by atoms with Crippen LogP contribution in [0.5, 0.6) is 0 Å². The van der Waals surface area contributed by atoms with E-state index in [1.54, 1.807) is 18.2 Å². The Morgan fingerprint density at radius 3 is 2.43 bits per heavy atom. The Bertz CT molecular complexity index is 560. The van der Waals surface area contributed by atoms with Crippen LogP contribution in [0.4, 0.5) is 11.4 Å². The number of hydrogen-bond acceptors (Lipinski definition) is 4. The fourth-order valence-corrected chi connectivity index (χ4v) is 2.29. The molecule has 0 spiro atoms. The van der Waals surface area contributed by atoms with Crippen molar-refractivity contribution in [2.24, 2.45) is 10.9 Å². The molecule has 0 fully saturated rings. The maximum absolute atomic E-state index is 11.7. The van der Waals surface area contributed by atoms with Crippen LogP contribution in [0.1, 0.15) is 32.1 Å². The number of carbonyl (C=O) groups excluding carboxylic acids is 1. The molecule has 0 heterocycles. The Hall–Kier alpha value is -1.64. The third kappa shape index (κ3) is 8.28. The molecule has 8 heteroatoms. The lowest BCUT2D eigenvalue weighted by molar-refractivity contribution is -0.116. The summed E-state index contributed by atoms with van der Waals surface area (Å²) in [7, 11) is -3.82. The summed E-state index contributed by atoms with van der Waals surface area (Å²) in [6.45, 7) is 0.677. The maximum Gasteiger partial charge on any atom is 0.296 e. The van der Waals surface area contributed by atoms with Crippen LogP contribution in [0.25, 0.3) is 0 Å². The van der Waals surface area contributed by atoms with Gasteiger partial charge in [-0.1, -0.05) is 18.9 Å². The van der Waals surface area contributed by atoms with Crippen LogP contribution in [0, 0.1) is 0 Å². The molecular weight excluding hydrogens is 292 g/mol. The predicted molar refractivity (Wildman–Crippen MR) is 83.9 cm³/mol. The number of unbranched alkanes of at least 4 members (excludes halogenated alkanes) is 3. The quantitative estimate of drug-likeness (QED) is 0.510. The van der Waals surface area contributed by atoms with E-state index in [0.717, 1.165) is 25.7 Å². The molecule has 0 unspecified atom stereocenters. The summed E-state index contributed by atoms with van der Waals surface area (Å²) in [5, 5.41) is 7.61. The molecule has 21 heavy (non-hydrogen) atoms. The third-order valence-corrected chi connectivity index (χ3v) is 3.28. The highest BCUT2D eigenvalue weighted by Gasteiger charge is 2.05. The second kappa shape index (κ2) is 8.60. The second-order valence-corrected chi connectivity index (χ2v) is 6.02. The van der Waals surface area contributed by atoms with Crippen LogP contribution >= 0.6 is 0 Å². The van der Waals surface area contributed by atoms with Crippen molar-refractivity contribution in [3.63, 3.8) is 0 Å². The molecule has 1 aromatic carbocycles. The average molecular weight is 314 g/mol. The molecule has 0 saturated heterocycles. The van der Waals surface area contributed by atoms with Gasteiger partial charge in [-0.25, -0.2) is 5.14 Å². The summed E-state index contributed by atoms with van der Waals surface area (Å²) in [6.07, 6.45) is 4.20. The number of carbonyl (C=O) groups is 1. The Kier molecular flexibility index (Phi) is 7.13. The maximum atomic E-state index is 11.7. The van der Waals surface area contributed by atoms with E-state index in [1.165, 1.54) is 6.07 Å². The number of nitrogens with two attached hydrogens (primary N) is 2. The van der Waals surface area contributed by atoms with Crippen LogP contribution in [0.15, 0.2) is 24.3 Å². The zero-order valence-corrected chi connectivity index (χ0v) is 12.7. The van der Waals surface area contributed by atoms with Gasteiger partial charge in [-0.15, -0.1) is 0 Å². The predicted octanol–water partition coefficient (Wildman–Crippen LogP) is 1.15. The highest BCUT2D eigenvalue weighted by molar-refractivity contribution is 7.90. The zero-order valence-electron chi connectivity index (χ0n) is 11.8. The van der Waals surface area contributed by atoms with Gasteiger partial charge < -0.3 is 11.1 Å². The molecule has 0 aromatic heterocycles. The summed E-state index contributed by atoms with van der Waals surface area (Å²) in [6, 6.07) is 6.37. The van der Waals surface area contributed by atoms with Crippen LogP contribution in [0.3, 0.4) is 0 Å². The van der Waals surface area contributed by atoms with E-state index >= 15 is 0 Å². The van der Waals surface area contributed by atoms with Gasteiger partial charge in [0.05, 0.1) is 5.69 Å². The van der Waals surface area contributed by atoms with Gasteiger partial charge in [0.2, 0.25) is 5.91 Å². The van der Waals surface area contributed by atoms with Crippen LogP contribution in [-0.2, 0) is 15.0 Å². The minimum absolute atomic E-state index is 0.101. The summed E-state index contributed by atoms with van der Waals surface area (Å²) in [5.41, 5.74) is 6.22. The van der Waals surface area contributed by atoms with Gasteiger partial charge in [0, 0.05) is 12.1 Å². The van der Waals surface area contributed by atoms with Crippen molar-refractivity contribution >= 4 is 27.5 Å². The standard InChI is InChI=1S/C13H22N4O3S/c14-9-4-2-1-3-8-13(18)16-11-6-5-7-12(10-11)17-21(15,19)20/h5-7,10,17H,1-4,8-9,14H2,(H,16,18)(H2,15,19,20). The molecular formula is C13H22N4O3S. The smallest absolute Gasteiger partial charge is 0.296 e. The molecule has 1 aromatic rings. The Morgan fingerprint density at radius 2 is 1.76 bits per heavy atom. The monoisotopic (exact) mass is 314 g/mol. The minimum atomic E-state index is -3.82. The van der Waals surface area contributed by atoms with Gasteiger partial charge in [-0.3, -0.25) is 9.52 Å². The van der Waals surface area contributed by atoms with E-state index < -0.39 is 10.2 Å². The van der Waals surface area contributed by atoms with Crippen molar-refractivity contribution in [2.45, 2.75) is 32.1 Å². The van der Waals surface area contributed by atoms with E-state index in [0.29, 0.717) is 24.3 Å². The first-order valence-corrected chi connectivity index (χ1v) is 8.36. The molecule has 1 amide bonds. The molecule has 0 aliphatic heterocycles. The first-order chi connectivity index (χ1) is 9.90. The highest BCUT2D eigenvalue weighted by Crippen LogP contribution is 2.16. The molecule has 118 valence electrons. The van der Waals surface area contributed by atoms with Gasteiger partial charge in [-0.2, -0.15) is 8.42 Å². The molecule has 0 radical (unpaired) electrons. The lowest BCUT2D eigenvalue weighted by atomic mass is 10.1. The fourth-order valence-electron chi connectivity index (χ4n) is 1.83. The van der Waals surface area contributed by atoms with Gasteiger partial charge in [0.25, 0.3) is 10.2 Å². The molecule has 6 N–H and O–H groups in total. The first-order valence-electron chi connectivity index (χ1n) is 6.81. The van der Waals surface area contributed by atoms with E-state index in [4.69, 9.17) is 10.9 Å². The third-order valence-electron chi connectivity index (χ3n) is 2.76. The van der Waals surface area contributed by atoms with Gasteiger partial charge in [0.15, 0.2) is 0 Å². The number of benzene rings is 1. The van der Waals surface area contributed by atoms with Crippen molar-refractivity contribution in [3.8, 4) is 0 Å². The summed E-state index contributed by atoms with van der Waals surface area (Å²) in [4.78, 5) is 11.7. The molecule has 0 bridgehead atoms. The van der Waals surface area contributed by atoms with Gasteiger partial charge in [-0.05, 0) is 37.6 Å².